The number of aromatic carboxylic acids is 1. The Morgan fingerprint density at radius 3 is 2.86 bits per heavy atom. The molecule has 1 aliphatic rings. The molecule has 6 heteroatoms. The average molecular weight is 312 g/mol. The number of carbonyl (C=O) groups excluding carboxylic acids is 1. The van der Waals surface area contributed by atoms with Crippen LogP contribution in [0.1, 0.15) is 30.1 Å². The molecule has 0 spiro atoms. The van der Waals surface area contributed by atoms with Crippen molar-refractivity contribution in [2.45, 2.75) is 19.8 Å². The number of piperidine rings is 1. The molecule has 1 fully saturated rings. The van der Waals surface area contributed by atoms with E-state index in [1.807, 2.05) is 0 Å². The van der Waals surface area contributed by atoms with Gasteiger partial charge in [0.05, 0.1) is 10.6 Å². The molecule has 114 valence electrons. The molecule has 1 aliphatic heterocycles. The normalized spacial score (nSPS) is 18.4. The standard InChI is InChI=1S/C15H18ClNO4/c1-10-3-2-6-17(8-10)14(18)9-21-13-5-4-11(15(19)20)7-12(13)16/h4-5,7,10H,2-3,6,8-9H2,1H3,(H,19,20). The van der Waals surface area contributed by atoms with Gasteiger partial charge >= 0.3 is 5.97 Å². The monoisotopic (exact) mass is 311 g/mol. The van der Waals surface area contributed by atoms with Crippen LogP contribution in [0.3, 0.4) is 0 Å². The molecule has 1 saturated heterocycles. The number of carbonyl (C=O) groups is 2. The van der Waals surface area contributed by atoms with Crippen LogP contribution in [-0.4, -0.2) is 41.6 Å². The second-order valence-corrected chi connectivity index (χ2v) is 5.73. The lowest BCUT2D eigenvalue weighted by molar-refractivity contribution is -0.135. The van der Waals surface area contributed by atoms with Gasteiger partial charge in [0.25, 0.3) is 5.91 Å². The Hall–Kier alpha value is -1.75. The van der Waals surface area contributed by atoms with Crippen molar-refractivity contribution in [1.29, 1.82) is 0 Å². The zero-order chi connectivity index (χ0) is 15.4. The molecule has 1 atom stereocenters. The number of carboxylic acid groups (broad SMARTS) is 1. The fourth-order valence-electron chi connectivity index (χ4n) is 2.40. The third kappa shape index (κ3) is 4.11. The van der Waals surface area contributed by atoms with E-state index in [0.717, 1.165) is 25.9 Å². The molecule has 1 unspecified atom stereocenters. The number of amides is 1. The molecule has 1 N–H and O–H groups in total. The minimum absolute atomic E-state index is 0.0695. The molecular weight excluding hydrogens is 294 g/mol. The summed E-state index contributed by atoms with van der Waals surface area (Å²) in [7, 11) is 0. The molecule has 1 aromatic rings. The first kappa shape index (κ1) is 15.6. The molecule has 1 heterocycles. The van der Waals surface area contributed by atoms with Gasteiger partial charge in [-0.25, -0.2) is 4.79 Å². The van der Waals surface area contributed by atoms with Crippen molar-refractivity contribution in [2.24, 2.45) is 5.92 Å². The minimum atomic E-state index is -1.05. The average Bonchev–Trinajstić information content (AvgIpc) is 2.45. The maximum absolute atomic E-state index is 12.1. The number of hydrogen-bond acceptors (Lipinski definition) is 3. The van der Waals surface area contributed by atoms with Crippen molar-refractivity contribution in [3.05, 3.63) is 28.8 Å². The number of ether oxygens (including phenoxy) is 1. The summed E-state index contributed by atoms with van der Waals surface area (Å²) in [6.07, 6.45) is 2.16. The van der Waals surface area contributed by atoms with Gasteiger partial charge in [-0.1, -0.05) is 18.5 Å². The van der Waals surface area contributed by atoms with Crippen LogP contribution in [-0.2, 0) is 4.79 Å². The molecule has 1 aromatic carbocycles. The summed E-state index contributed by atoms with van der Waals surface area (Å²) in [5.74, 6) is -0.289. The fraction of sp³-hybridized carbons (Fsp3) is 0.467. The fourth-order valence-corrected chi connectivity index (χ4v) is 2.63. The van der Waals surface area contributed by atoms with E-state index in [0.29, 0.717) is 11.7 Å². The van der Waals surface area contributed by atoms with Gasteiger partial charge in [0.2, 0.25) is 0 Å². The summed E-state index contributed by atoms with van der Waals surface area (Å²) >= 11 is 5.95. The van der Waals surface area contributed by atoms with E-state index in [4.69, 9.17) is 21.4 Å². The third-order valence-electron chi connectivity index (χ3n) is 3.54. The number of likely N-dealkylation sites (tertiary alicyclic amines) is 1. The quantitative estimate of drug-likeness (QED) is 0.928. The van der Waals surface area contributed by atoms with Crippen molar-refractivity contribution in [3.63, 3.8) is 0 Å². The summed E-state index contributed by atoms with van der Waals surface area (Å²) in [6.45, 7) is 3.56. The lowest BCUT2D eigenvalue weighted by atomic mass is 10.0. The number of halogens is 1. The second-order valence-electron chi connectivity index (χ2n) is 5.33. The zero-order valence-electron chi connectivity index (χ0n) is 11.8. The minimum Gasteiger partial charge on any atom is -0.482 e. The number of benzene rings is 1. The highest BCUT2D eigenvalue weighted by Gasteiger charge is 2.21. The Bertz CT molecular complexity index is 546. The van der Waals surface area contributed by atoms with Crippen molar-refractivity contribution < 1.29 is 19.4 Å². The highest BCUT2D eigenvalue weighted by atomic mass is 35.5. The Morgan fingerprint density at radius 1 is 1.48 bits per heavy atom. The van der Waals surface area contributed by atoms with Crippen molar-refractivity contribution >= 4 is 23.5 Å². The molecule has 0 radical (unpaired) electrons. The summed E-state index contributed by atoms with van der Waals surface area (Å²) in [5.41, 5.74) is 0.0866. The maximum atomic E-state index is 12.1. The van der Waals surface area contributed by atoms with Gasteiger partial charge in [-0.15, -0.1) is 0 Å². The van der Waals surface area contributed by atoms with Crippen molar-refractivity contribution in [2.75, 3.05) is 19.7 Å². The zero-order valence-corrected chi connectivity index (χ0v) is 12.6. The van der Waals surface area contributed by atoms with Crippen LogP contribution in [0, 0.1) is 5.92 Å². The van der Waals surface area contributed by atoms with E-state index < -0.39 is 5.97 Å². The Balaban J connectivity index is 1.93. The SMILES string of the molecule is CC1CCCN(C(=O)COc2ccc(C(=O)O)cc2Cl)C1. The smallest absolute Gasteiger partial charge is 0.335 e. The van der Waals surface area contributed by atoms with E-state index in [1.165, 1.54) is 18.2 Å². The maximum Gasteiger partial charge on any atom is 0.335 e. The van der Waals surface area contributed by atoms with Crippen molar-refractivity contribution in [3.8, 4) is 5.75 Å². The predicted octanol–water partition coefficient (Wildman–Crippen LogP) is 2.68. The number of hydrogen-bond donors (Lipinski definition) is 1. The van der Waals surface area contributed by atoms with Gasteiger partial charge in [-0.3, -0.25) is 4.79 Å². The Labute approximate surface area is 128 Å². The van der Waals surface area contributed by atoms with Crippen LogP contribution < -0.4 is 4.74 Å². The summed E-state index contributed by atoms with van der Waals surface area (Å²) < 4.78 is 5.41. The van der Waals surface area contributed by atoms with Gasteiger partial charge in [0.1, 0.15) is 5.75 Å². The summed E-state index contributed by atoms with van der Waals surface area (Å²) in [5, 5.41) is 9.04. The highest BCUT2D eigenvalue weighted by Crippen LogP contribution is 2.25. The molecule has 21 heavy (non-hydrogen) atoms. The molecular formula is C15H18ClNO4. The van der Waals surface area contributed by atoms with Crippen molar-refractivity contribution in [1.82, 2.24) is 4.90 Å². The van der Waals surface area contributed by atoms with Crippen LogP contribution in [0.15, 0.2) is 18.2 Å². The van der Waals surface area contributed by atoms with Gasteiger partial charge < -0.3 is 14.7 Å². The van der Waals surface area contributed by atoms with E-state index in [2.05, 4.69) is 6.92 Å². The molecule has 0 aliphatic carbocycles. The van der Waals surface area contributed by atoms with Gasteiger partial charge in [0, 0.05) is 13.1 Å². The summed E-state index contributed by atoms with van der Waals surface area (Å²) in [6, 6.07) is 4.18. The van der Waals surface area contributed by atoms with Crippen LogP contribution in [0.4, 0.5) is 0 Å². The van der Waals surface area contributed by atoms with E-state index in [-0.39, 0.29) is 23.1 Å². The molecule has 0 bridgehead atoms. The molecule has 2 rings (SSSR count). The number of rotatable bonds is 4. The topological polar surface area (TPSA) is 66.8 Å². The van der Waals surface area contributed by atoms with E-state index >= 15 is 0 Å². The molecule has 5 nitrogen and oxygen atoms in total. The van der Waals surface area contributed by atoms with E-state index in [9.17, 15) is 9.59 Å². The van der Waals surface area contributed by atoms with Gasteiger partial charge in [-0.05, 0) is 37.0 Å². The first-order chi connectivity index (χ1) is 9.97. The molecule has 1 amide bonds. The third-order valence-corrected chi connectivity index (χ3v) is 3.84. The van der Waals surface area contributed by atoms with Crippen LogP contribution >= 0.6 is 11.6 Å². The van der Waals surface area contributed by atoms with Crippen LogP contribution in [0.2, 0.25) is 5.02 Å². The second kappa shape index (κ2) is 6.80. The van der Waals surface area contributed by atoms with Gasteiger partial charge in [-0.2, -0.15) is 0 Å². The largest absolute Gasteiger partial charge is 0.482 e. The van der Waals surface area contributed by atoms with Crippen LogP contribution in [0.25, 0.3) is 0 Å². The van der Waals surface area contributed by atoms with E-state index in [1.54, 1.807) is 4.90 Å². The van der Waals surface area contributed by atoms with Gasteiger partial charge in [0.15, 0.2) is 6.61 Å². The lowest BCUT2D eigenvalue weighted by Crippen LogP contribution is -2.41. The first-order valence-electron chi connectivity index (χ1n) is 6.91. The Morgan fingerprint density at radius 2 is 2.24 bits per heavy atom. The molecule has 0 aromatic heterocycles. The number of carboxylic acids is 1. The highest BCUT2D eigenvalue weighted by molar-refractivity contribution is 6.32. The Kier molecular flexibility index (Phi) is 5.07. The predicted molar refractivity (Wildman–Crippen MR) is 78.9 cm³/mol. The lowest BCUT2D eigenvalue weighted by Gasteiger charge is -2.30. The first-order valence-corrected chi connectivity index (χ1v) is 7.28. The number of nitrogens with zero attached hydrogens (tertiary/aromatic N) is 1. The molecule has 0 saturated carbocycles. The van der Waals surface area contributed by atoms with Crippen LogP contribution in [0.5, 0.6) is 5.75 Å². The summed E-state index contributed by atoms with van der Waals surface area (Å²) in [4.78, 5) is 24.7.